The predicted molar refractivity (Wildman–Crippen MR) is 64.0 cm³/mol. The fraction of sp³-hybridized carbons (Fsp3) is 0.0769. The third-order valence-corrected chi connectivity index (χ3v) is 2.45. The zero-order valence-electron chi connectivity index (χ0n) is 9.62. The van der Waals surface area contributed by atoms with Gasteiger partial charge in [-0.2, -0.15) is 0 Å². The number of methoxy groups -OCH3 is 1. The summed E-state index contributed by atoms with van der Waals surface area (Å²) >= 11 is 0. The zero-order valence-corrected chi connectivity index (χ0v) is 9.62. The van der Waals surface area contributed by atoms with Crippen LogP contribution in [-0.2, 0) is 0 Å². The molecule has 92 valence electrons. The summed E-state index contributed by atoms with van der Waals surface area (Å²) in [6, 6.07) is 7.15. The molecular weight excluding hydrogens is 234 g/mol. The lowest BCUT2D eigenvalue weighted by atomic mass is 10.1. The van der Waals surface area contributed by atoms with E-state index >= 15 is 0 Å². The molecule has 0 aliphatic carbocycles. The number of carbonyl (C=O) groups is 1. The molecule has 0 atom stereocenters. The molecule has 0 aliphatic rings. The molecule has 0 aliphatic heterocycles. The predicted octanol–water partition coefficient (Wildman–Crippen LogP) is 1.73. The standard InChI is InChI=1S/C13H11NO4/c1-18-8-4-5-10(15)9(7-8)13(17)12-11(16)3-2-6-14-12/h2-7,15-16H,1H3. The summed E-state index contributed by atoms with van der Waals surface area (Å²) in [6.07, 6.45) is 1.39. The van der Waals surface area contributed by atoms with Crippen LogP contribution in [0.25, 0.3) is 0 Å². The Balaban J connectivity index is 2.49. The van der Waals surface area contributed by atoms with Gasteiger partial charge in [0.05, 0.1) is 12.7 Å². The summed E-state index contributed by atoms with van der Waals surface area (Å²) in [5, 5.41) is 19.2. The second-order valence-electron chi connectivity index (χ2n) is 3.58. The van der Waals surface area contributed by atoms with Crippen molar-refractivity contribution in [2.24, 2.45) is 0 Å². The molecule has 5 heteroatoms. The number of carbonyl (C=O) groups excluding carboxylic acids is 1. The van der Waals surface area contributed by atoms with Crippen molar-refractivity contribution in [3.8, 4) is 17.2 Å². The van der Waals surface area contributed by atoms with Crippen LogP contribution in [-0.4, -0.2) is 28.1 Å². The van der Waals surface area contributed by atoms with Crippen LogP contribution >= 0.6 is 0 Å². The number of rotatable bonds is 3. The highest BCUT2D eigenvalue weighted by molar-refractivity contribution is 6.11. The number of ketones is 1. The molecule has 0 saturated carbocycles. The van der Waals surface area contributed by atoms with Gasteiger partial charge < -0.3 is 14.9 Å². The number of hydrogen-bond donors (Lipinski definition) is 2. The number of hydrogen-bond acceptors (Lipinski definition) is 5. The molecule has 2 aromatic rings. The van der Waals surface area contributed by atoms with Gasteiger partial charge in [0, 0.05) is 6.20 Å². The first-order valence-electron chi connectivity index (χ1n) is 5.19. The van der Waals surface area contributed by atoms with Crippen molar-refractivity contribution in [1.82, 2.24) is 4.98 Å². The molecule has 0 bridgehead atoms. The number of pyridine rings is 1. The van der Waals surface area contributed by atoms with Gasteiger partial charge in [0.15, 0.2) is 5.69 Å². The minimum atomic E-state index is -0.565. The molecule has 0 saturated heterocycles. The maximum atomic E-state index is 12.1. The Hall–Kier alpha value is -2.56. The van der Waals surface area contributed by atoms with Crippen LogP contribution in [0.2, 0.25) is 0 Å². The molecule has 0 unspecified atom stereocenters. The first-order chi connectivity index (χ1) is 8.63. The van der Waals surface area contributed by atoms with Gasteiger partial charge in [-0.1, -0.05) is 0 Å². The summed E-state index contributed by atoms with van der Waals surface area (Å²) < 4.78 is 4.98. The fourth-order valence-electron chi connectivity index (χ4n) is 1.52. The SMILES string of the molecule is COc1ccc(O)c(C(=O)c2ncccc2O)c1. The number of aromatic nitrogens is 1. The summed E-state index contributed by atoms with van der Waals surface area (Å²) in [4.78, 5) is 15.9. The first kappa shape index (κ1) is 11.9. The highest BCUT2D eigenvalue weighted by Crippen LogP contribution is 2.27. The largest absolute Gasteiger partial charge is 0.507 e. The van der Waals surface area contributed by atoms with E-state index in [1.807, 2.05) is 0 Å². The van der Waals surface area contributed by atoms with Crippen molar-refractivity contribution >= 4 is 5.78 Å². The second kappa shape index (κ2) is 4.75. The van der Waals surface area contributed by atoms with Crippen LogP contribution in [0.5, 0.6) is 17.2 Å². The lowest BCUT2D eigenvalue weighted by Crippen LogP contribution is -2.05. The monoisotopic (exact) mass is 245 g/mol. The Bertz CT molecular complexity index is 595. The van der Waals surface area contributed by atoms with Gasteiger partial charge in [-0.15, -0.1) is 0 Å². The minimum Gasteiger partial charge on any atom is -0.507 e. The molecule has 1 aromatic heterocycles. The van der Waals surface area contributed by atoms with Crippen molar-refractivity contribution in [3.05, 3.63) is 47.8 Å². The van der Waals surface area contributed by atoms with Crippen molar-refractivity contribution in [3.63, 3.8) is 0 Å². The molecule has 2 N–H and O–H groups in total. The Morgan fingerprint density at radius 1 is 1.22 bits per heavy atom. The zero-order chi connectivity index (χ0) is 13.1. The third kappa shape index (κ3) is 2.10. The van der Waals surface area contributed by atoms with Crippen LogP contribution in [0.15, 0.2) is 36.5 Å². The van der Waals surface area contributed by atoms with E-state index in [2.05, 4.69) is 4.98 Å². The van der Waals surface area contributed by atoms with E-state index in [1.165, 1.54) is 43.6 Å². The number of phenolic OH excluding ortho intramolecular Hbond substituents is 1. The number of phenols is 1. The van der Waals surface area contributed by atoms with E-state index in [-0.39, 0.29) is 22.8 Å². The van der Waals surface area contributed by atoms with Crippen molar-refractivity contribution in [2.45, 2.75) is 0 Å². The average Bonchev–Trinajstić information content (AvgIpc) is 2.39. The molecular formula is C13H11NO4. The molecule has 18 heavy (non-hydrogen) atoms. The summed E-state index contributed by atoms with van der Waals surface area (Å²) in [7, 11) is 1.46. The normalized spacial score (nSPS) is 10.1. The van der Waals surface area contributed by atoms with Gasteiger partial charge in [0.25, 0.3) is 0 Å². The van der Waals surface area contributed by atoms with Gasteiger partial charge in [-0.05, 0) is 30.3 Å². The highest BCUT2D eigenvalue weighted by atomic mass is 16.5. The molecule has 0 amide bonds. The lowest BCUT2D eigenvalue weighted by Gasteiger charge is -2.06. The van der Waals surface area contributed by atoms with E-state index in [0.29, 0.717) is 5.75 Å². The average molecular weight is 245 g/mol. The molecule has 5 nitrogen and oxygen atoms in total. The molecule has 0 radical (unpaired) electrons. The first-order valence-corrected chi connectivity index (χ1v) is 5.19. The van der Waals surface area contributed by atoms with E-state index < -0.39 is 5.78 Å². The Labute approximate surface area is 103 Å². The van der Waals surface area contributed by atoms with E-state index in [9.17, 15) is 15.0 Å². The highest BCUT2D eigenvalue weighted by Gasteiger charge is 2.18. The van der Waals surface area contributed by atoms with E-state index in [4.69, 9.17) is 4.74 Å². The Morgan fingerprint density at radius 2 is 2.00 bits per heavy atom. The Morgan fingerprint density at radius 3 is 2.67 bits per heavy atom. The van der Waals surface area contributed by atoms with Gasteiger partial charge in [0.1, 0.15) is 17.2 Å². The molecule has 0 fully saturated rings. The number of nitrogens with zero attached hydrogens (tertiary/aromatic N) is 1. The number of aromatic hydroxyl groups is 2. The lowest BCUT2D eigenvalue weighted by molar-refractivity contribution is 0.102. The van der Waals surface area contributed by atoms with Crippen LogP contribution < -0.4 is 4.74 Å². The van der Waals surface area contributed by atoms with Gasteiger partial charge in [0.2, 0.25) is 5.78 Å². The maximum Gasteiger partial charge on any atom is 0.219 e. The number of ether oxygens (including phenoxy) is 1. The van der Waals surface area contributed by atoms with Crippen molar-refractivity contribution in [1.29, 1.82) is 0 Å². The van der Waals surface area contributed by atoms with Gasteiger partial charge >= 0.3 is 0 Å². The smallest absolute Gasteiger partial charge is 0.219 e. The van der Waals surface area contributed by atoms with Crippen molar-refractivity contribution < 1.29 is 19.7 Å². The molecule has 1 aromatic carbocycles. The van der Waals surface area contributed by atoms with Crippen LogP contribution in [0.4, 0.5) is 0 Å². The quantitative estimate of drug-likeness (QED) is 0.805. The number of benzene rings is 1. The fourth-order valence-corrected chi connectivity index (χ4v) is 1.52. The van der Waals surface area contributed by atoms with E-state index in [0.717, 1.165) is 0 Å². The van der Waals surface area contributed by atoms with Gasteiger partial charge in [-0.3, -0.25) is 4.79 Å². The van der Waals surface area contributed by atoms with Crippen LogP contribution in [0.1, 0.15) is 16.1 Å². The Kier molecular flexibility index (Phi) is 3.14. The molecule has 0 spiro atoms. The topological polar surface area (TPSA) is 79.7 Å². The van der Waals surface area contributed by atoms with Crippen LogP contribution in [0, 0.1) is 0 Å². The maximum absolute atomic E-state index is 12.1. The van der Waals surface area contributed by atoms with E-state index in [1.54, 1.807) is 0 Å². The summed E-state index contributed by atoms with van der Waals surface area (Å²) in [5.41, 5.74) is -0.0793. The second-order valence-corrected chi connectivity index (χ2v) is 3.58. The third-order valence-electron chi connectivity index (χ3n) is 2.45. The molecule has 2 rings (SSSR count). The van der Waals surface area contributed by atoms with Crippen molar-refractivity contribution in [2.75, 3.05) is 7.11 Å². The summed E-state index contributed by atoms with van der Waals surface area (Å²) in [6.45, 7) is 0. The van der Waals surface area contributed by atoms with Gasteiger partial charge in [-0.25, -0.2) is 4.98 Å². The van der Waals surface area contributed by atoms with Crippen LogP contribution in [0.3, 0.4) is 0 Å². The minimum absolute atomic E-state index is 0.0309. The summed E-state index contributed by atoms with van der Waals surface area (Å²) in [5.74, 6) is -0.549. The molecule has 1 heterocycles.